The molecule has 0 aromatic heterocycles. The van der Waals surface area contributed by atoms with E-state index in [1.54, 1.807) is 0 Å². The van der Waals surface area contributed by atoms with E-state index in [0.29, 0.717) is 24.7 Å². The summed E-state index contributed by atoms with van der Waals surface area (Å²) in [5.41, 5.74) is 0. The molecular weight excluding hydrogens is 148 g/mol. The molecule has 0 aromatic rings. The molecule has 1 rings (SSSR count). The molecule has 2 nitrogen and oxygen atoms in total. The zero-order valence-corrected chi connectivity index (χ0v) is 7.29. The Kier molecular flexibility index (Phi) is 3.61. The average molecular weight is 162 g/mol. The number of rotatable bonds is 2. The van der Waals surface area contributed by atoms with Crippen molar-refractivity contribution < 1.29 is 0 Å². The summed E-state index contributed by atoms with van der Waals surface area (Å²) in [5.74, 6) is 1.01. The lowest BCUT2D eigenvalue weighted by molar-refractivity contribution is 0.244. The lowest BCUT2D eigenvalue weighted by Crippen LogP contribution is -2.18. The number of nitrogens with zero attached hydrogens (tertiary/aromatic N) is 2. The minimum Gasteiger partial charge on any atom is -0.198 e. The lowest BCUT2D eigenvalue weighted by atomic mass is 9.76. The Balaban J connectivity index is 2.44. The fraction of sp³-hybridized carbons (Fsp3) is 0.800. The second-order valence-electron chi connectivity index (χ2n) is 3.53. The van der Waals surface area contributed by atoms with E-state index in [2.05, 4.69) is 12.1 Å². The topological polar surface area (TPSA) is 47.6 Å². The van der Waals surface area contributed by atoms with Gasteiger partial charge in [-0.25, -0.2) is 0 Å². The minimum atomic E-state index is 0.503. The molecule has 0 radical (unpaired) electrons. The molecule has 0 aromatic carbocycles. The average Bonchev–Trinajstić information content (AvgIpc) is 2.09. The number of hydrogen-bond donors (Lipinski definition) is 0. The molecule has 0 heterocycles. The molecule has 1 aliphatic carbocycles. The highest BCUT2D eigenvalue weighted by Crippen LogP contribution is 2.33. The standard InChI is InChI=1S/C10H14N2/c11-7-5-9-3-1-2-4-10(9)6-8-12/h9-10H,1-6H2/t9-,10-/m1/s1. The van der Waals surface area contributed by atoms with Crippen molar-refractivity contribution >= 4 is 0 Å². The van der Waals surface area contributed by atoms with Crippen molar-refractivity contribution in [3.63, 3.8) is 0 Å². The SMILES string of the molecule is N#CC[C@H]1CCCC[C@@H]1CC#N. The second-order valence-corrected chi connectivity index (χ2v) is 3.53. The maximum absolute atomic E-state index is 8.57. The van der Waals surface area contributed by atoms with Crippen molar-refractivity contribution in [1.29, 1.82) is 10.5 Å². The number of hydrogen-bond acceptors (Lipinski definition) is 2. The van der Waals surface area contributed by atoms with Crippen molar-refractivity contribution in [3.05, 3.63) is 0 Å². The van der Waals surface area contributed by atoms with Crippen molar-refractivity contribution in [2.75, 3.05) is 0 Å². The van der Waals surface area contributed by atoms with Gasteiger partial charge in [-0.2, -0.15) is 10.5 Å². The molecule has 0 saturated heterocycles. The monoisotopic (exact) mass is 162 g/mol. The molecule has 2 heteroatoms. The summed E-state index contributed by atoms with van der Waals surface area (Å²) in [7, 11) is 0. The van der Waals surface area contributed by atoms with Crippen LogP contribution in [0.4, 0.5) is 0 Å². The van der Waals surface area contributed by atoms with Crippen LogP contribution in [0, 0.1) is 34.5 Å². The first-order valence-corrected chi connectivity index (χ1v) is 4.62. The van der Waals surface area contributed by atoms with Crippen LogP contribution < -0.4 is 0 Å². The largest absolute Gasteiger partial charge is 0.198 e. The highest BCUT2D eigenvalue weighted by atomic mass is 14.3. The molecule has 1 saturated carbocycles. The Bertz CT molecular complexity index is 185. The second kappa shape index (κ2) is 4.78. The van der Waals surface area contributed by atoms with Crippen LogP contribution in [0.3, 0.4) is 0 Å². The molecule has 1 fully saturated rings. The van der Waals surface area contributed by atoms with Gasteiger partial charge in [0, 0.05) is 12.8 Å². The van der Waals surface area contributed by atoms with Crippen LogP contribution in [0.2, 0.25) is 0 Å². The number of nitriles is 2. The third-order valence-corrected chi connectivity index (χ3v) is 2.77. The highest BCUT2D eigenvalue weighted by molar-refractivity contribution is 4.87. The van der Waals surface area contributed by atoms with Crippen LogP contribution in [0.25, 0.3) is 0 Å². The third kappa shape index (κ3) is 2.24. The van der Waals surface area contributed by atoms with E-state index in [-0.39, 0.29) is 0 Å². The van der Waals surface area contributed by atoms with Gasteiger partial charge in [-0.1, -0.05) is 12.8 Å². The Morgan fingerprint density at radius 2 is 1.33 bits per heavy atom. The first kappa shape index (κ1) is 9.07. The fourth-order valence-electron chi connectivity index (χ4n) is 2.06. The summed E-state index contributed by atoms with van der Waals surface area (Å²) in [5, 5.41) is 17.1. The van der Waals surface area contributed by atoms with E-state index >= 15 is 0 Å². The van der Waals surface area contributed by atoms with E-state index in [0.717, 1.165) is 12.8 Å². The predicted molar refractivity (Wildman–Crippen MR) is 45.9 cm³/mol. The minimum absolute atomic E-state index is 0.503. The summed E-state index contributed by atoms with van der Waals surface area (Å²) in [6.07, 6.45) is 6.08. The summed E-state index contributed by atoms with van der Waals surface area (Å²) >= 11 is 0. The van der Waals surface area contributed by atoms with Gasteiger partial charge in [0.05, 0.1) is 12.1 Å². The van der Waals surface area contributed by atoms with E-state index in [4.69, 9.17) is 10.5 Å². The van der Waals surface area contributed by atoms with Gasteiger partial charge >= 0.3 is 0 Å². The summed E-state index contributed by atoms with van der Waals surface area (Å²) < 4.78 is 0. The van der Waals surface area contributed by atoms with Crippen LogP contribution in [-0.2, 0) is 0 Å². The fourth-order valence-corrected chi connectivity index (χ4v) is 2.06. The molecular formula is C10H14N2. The van der Waals surface area contributed by atoms with Crippen LogP contribution in [0.15, 0.2) is 0 Å². The molecule has 2 atom stereocenters. The Morgan fingerprint density at radius 1 is 0.917 bits per heavy atom. The quantitative estimate of drug-likeness (QED) is 0.626. The maximum Gasteiger partial charge on any atom is 0.0624 e. The van der Waals surface area contributed by atoms with Crippen molar-refractivity contribution in [2.24, 2.45) is 11.8 Å². The molecule has 0 spiro atoms. The van der Waals surface area contributed by atoms with Gasteiger partial charge in [-0.05, 0) is 24.7 Å². The molecule has 12 heavy (non-hydrogen) atoms. The van der Waals surface area contributed by atoms with Crippen molar-refractivity contribution in [1.82, 2.24) is 0 Å². The van der Waals surface area contributed by atoms with Gasteiger partial charge in [0.2, 0.25) is 0 Å². The van der Waals surface area contributed by atoms with Crippen LogP contribution in [-0.4, -0.2) is 0 Å². The Morgan fingerprint density at radius 3 is 1.67 bits per heavy atom. The lowest BCUT2D eigenvalue weighted by Gasteiger charge is -2.27. The van der Waals surface area contributed by atoms with Gasteiger partial charge in [-0.3, -0.25) is 0 Å². The molecule has 1 aliphatic rings. The molecule has 0 aliphatic heterocycles. The molecule has 0 N–H and O–H groups in total. The molecule has 0 unspecified atom stereocenters. The van der Waals surface area contributed by atoms with Crippen LogP contribution in [0.5, 0.6) is 0 Å². The molecule has 0 amide bonds. The normalized spacial score (nSPS) is 28.8. The first-order chi connectivity index (χ1) is 5.88. The molecule has 0 bridgehead atoms. The van der Waals surface area contributed by atoms with E-state index in [9.17, 15) is 0 Å². The third-order valence-electron chi connectivity index (χ3n) is 2.77. The van der Waals surface area contributed by atoms with E-state index in [1.165, 1.54) is 12.8 Å². The van der Waals surface area contributed by atoms with E-state index < -0.39 is 0 Å². The predicted octanol–water partition coefficient (Wildman–Crippen LogP) is 2.62. The van der Waals surface area contributed by atoms with E-state index in [1.807, 2.05) is 0 Å². The Hall–Kier alpha value is -1.02. The summed E-state index contributed by atoms with van der Waals surface area (Å²) in [4.78, 5) is 0. The highest BCUT2D eigenvalue weighted by Gasteiger charge is 2.24. The molecule has 64 valence electrons. The van der Waals surface area contributed by atoms with Gasteiger partial charge in [-0.15, -0.1) is 0 Å². The van der Waals surface area contributed by atoms with Crippen molar-refractivity contribution in [2.45, 2.75) is 38.5 Å². The zero-order valence-electron chi connectivity index (χ0n) is 7.29. The first-order valence-electron chi connectivity index (χ1n) is 4.62. The zero-order chi connectivity index (χ0) is 8.81. The van der Waals surface area contributed by atoms with Gasteiger partial charge in [0.15, 0.2) is 0 Å². The van der Waals surface area contributed by atoms with Crippen LogP contribution >= 0.6 is 0 Å². The van der Waals surface area contributed by atoms with Gasteiger partial charge in [0.1, 0.15) is 0 Å². The van der Waals surface area contributed by atoms with Gasteiger partial charge in [0.25, 0.3) is 0 Å². The Labute approximate surface area is 73.8 Å². The van der Waals surface area contributed by atoms with Crippen molar-refractivity contribution in [3.8, 4) is 12.1 Å². The maximum atomic E-state index is 8.57. The summed E-state index contributed by atoms with van der Waals surface area (Å²) in [6.45, 7) is 0. The van der Waals surface area contributed by atoms with Crippen LogP contribution in [0.1, 0.15) is 38.5 Å². The van der Waals surface area contributed by atoms with Gasteiger partial charge < -0.3 is 0 Å². The smallest absolute Gasteiger partial charge is 0.0624 e. The summed E-state index contributed by atoms with van der Waals surface area (Å²) in [6, 6.07) is 4.43.